The van der Waals surface area contributed by atoms with Gasteiger partial charge >= 0.3 is 5.69 Å². The summed E-state index contributed by atoms with van der Waals surface area (Å²) >= 11 is 0. The normalized spacial score (nSPS) is 13.9. The number of carbonyl (C=O) groups is 1. The number of β-amino-alcohol motifs (C(OH)–C–C–N with tert-alkyl or cyclic N) is 1. The highest BCUT2D eigenvalue weighted by Crippen LogP contribution is 2.39. The first-order chi connectivity index (χ1) is 19.6. The molecule has 10 heteroatoms. The molecule has 1 aromatic heterocycles. The first kappa shape index (κ1) is 28.4. The van der Waals surface area contributed by atoms with Gasteiger partial charge in [0, 0.05) is 37.3 Å². The molecule has 2 heterocycles. The molecule has 0 spiro atoms. The van der Waals surface area contributed by atoms with E-state index in [2.05, 4.69) is 10.6 Å². The van der Waals surface area contributed by atoms with Crippen LogP contribution in [0.25, 0.3) is 11.0 Å². The standard InChI is InChI=1S/C31H35FN4O5/c1-31(2,13-8-14-36-28-23(32)11-7-12-25(28)35(3)30(36)39)33-17-26(37)22-15-21(40-18-20-9-5-4-6-10-20)16-24-29(22)41-19-27(38)34-24/h4-7,9-12,15-16,26,33,37H,8,13-14,17-19H2,1-3H3,(H,34,38)/t26-/m0/s1. The number of rotatable bonds is 11. The summed E-state index contributed by atoms with van der Waals surface area (Å²) in [7, 11) is 1.64. The van der Waals surface area contributed by atoms with Gasteiger partial charge in [-0.25, -0.2) is 9.18 Å². The number of hydrogen-bond donors (Lipinski definition) is 3. The zero-order valence-corrected chi connectivity index (χ0v) is 23.4. The van der Waals surface area contributed by atoms with Crippen molar-refractivity contribution in [1.82, 2.24) is 14.5 Å². The average molecular weight is 563 g/mol. The Hall–Kier alpha value is -4.15. The third-order valence-electron chi connectivity index (χ3n) is 7.39. The number of benzene rings is 3. The maximum atomic E-state index is 14.5. The Labute approximate surface area is 237 Å². The number of ether oxygens (including phenoxy) is 2. The summed E-state index contributed by atoms with van der Waals surface area (Å²) in [6, 6.07) is 17.8. The lowest BCUT2D eigenvalue weighted by Crippen LogP contribution is -2.42. The minimum Gasteiger partial charge on any atom is -0.489 e. The molecular weight excluding hydrogens is 527 g/mol. The Kier molecular flexibility index (Phi) is 8.14. The SMILES string of the molecule is Cn1c(=O)n(CCCC(C)(C)NC[C@H](O)c2cc(OCc3ccccc3)cc3c2OCC(=O)N3)c2c(F)cccc21. The molecule has 5 rings (SSSR count). The number of aromatic nitrogens is 2. The molecule has 0 saturated carbocycles. The van der Waals surface area contributed by atoms with Gasteiger partial charge in [-0.2, -0.15) is 0 Å². The fraction of sp³-hybridized carbons (Fsp3) is 0.355. The summed E-state index contributed by atoms with van der Waals surface area (Å²) in [6.07, 6.45) is 0.340. The largest absolute Gasteiger partial charge is 0.489 e. The van der Waals surface area contributed by atoms with Crippen LogP contribution in [0.15, 0.2) is 65.5 Å². The first-order valence-electron chi connectivity index (χ1n) is 13.7. The Morgan fingerprint density at radius 3 is 2.71 bits per heavy atom. The monoisotopic (exact) mass is 562 g/mol. The molecule has 0 saturated heterocycles. The van der Waals surface area contributed by atoms with E-state index >= 15 is 0 Å². The summed E-state index contributed by atoms with van der Waals surface area (Å²) < 4.78 is 29.1. The van der Waals surface area contributed by atoms with Gasteiger partial charge in [0.1, 0.15) is 29.4 Å². The smallest absolute Gasteiger partial charge is 0.328 e. The summed E-state index contributed by atoms with van der Waals surface area (Å²) in [6.45, 7) is 4.80. The van der Waals surface area contributed by atoms with E-state index in [9.17, 15) is 19.1 Å². The maximum absolute atomic E-state index is 14.5. The third-order valence-corrected chi connectivity index (χ3v) is 7.39. The number of anilines is 1. The molecule has 0 fully saturated rings. The third kappa shape index (κ3) is 6.28. The number of halogens is 1. The van der Waals surface area contributed by atoms with Gasteiger partial charge in [0.25, 0.3) is 5.91 Å². The number of aliphatic hydroxyl groups excluding tert-OH is 1. The van der Waals surface area contributed by atoms with Crippen molar-refractivity contribution < 1.29 is 23.8 Å². The van der Waals surface area contributed by atoms with Crippen molar-refractivity contribution in [3.8, 4) is 11.5 Å². The predicted molar refractivity (Wildman–Crippen MR) is 155 cm³/mol. The lowest BCUT2D eigenvalue weighted by molar-refractivity contribution is -0.118. The molecule has 0 aliphatic carbocycles. The number of imidazole rings is 1. The van der Waals surface area contributed by atoms with E-state index in [1.165, 1.54) is 15.2 Å². The average Bonchev–Trinajstić information content (AvgIpc) is 3.20. The minimum absolute atomic E-state index is 0.135. The second kappa shape index (κ2) is 11.8. The Morgan fingerprint density at radius 2 is 1.93 bits per heavy atom. The molecule has 4 aromatic rings. The van der Waals surface area contributed by atoms with Crippen molar-refractivity contribution in [1.29, 1.82) is 0 Å². The number of para-hydroxylation sites is 1. The van der Waals surface area contributed by atoms with Crippen molar-refractivity contribution in [3.05, 3.63) is 88.1 Å². The first-order valence-corrected chi connectivity index (χ1v) is 13.7. The van der Waals surface area contributed by atoms with Crippen LogP contribution < -0.4 is 25.8 Å². The van der Waals surface area contributed by atoms with Crippen molar-refractivity contribution >= 4 is 22.6 Å². The van der Waals surface area contributed by atoms with Crippen LogP contribution in [0.1, 0.15) is 43.9 Å². The fourth-order valence-electron chi connectivity index (χ4n) is 5.15. The van der Waals surface area contributed by atoms with Crippen LogP contribution in [0.4, 0.5) is 10.1 Å². The van der Waals surface area contributed by atoms with Gasteiger partial charge in [-0.05, 0) is 50.5 Å². The van der Waals surface area contributed by atoms with Crippen molar-refractivity contribution in [3.63, 3.8) is 0 Å². The molecule has 3 N–H and O–H groups in total. The number of aliphatic hydroxyl groups is 1. The lowest BCUT2D eigenvalue weighted by Gasteiger charge is -2.29. The molecule has 0 unspecified atom stereocenters. The molecule has 1 aliphatic rings. The van der Waals surface area contributed by atoms with Crippen molar-refractivity contribution in [2.75, 3.05) is 18.5 Å². The van der Waals surface area contributed by atoms with Gasteiger partial charge in [0.15, 0.2) is 6.61 Å². The van der Waals surface area contributed by atoms with Gasteiger partial charge in [0.05, 0.1) is 17.3 Å². The second-order valence-corrected chi connectivity index (χ2v) is 11.0. The summed E-state index contributed by atoms with van der Waals surface area (Å²) in [5.74, 6) is 0.223. The zero-order valence-electron chi connectivity index (χ0n) is 23.4. The Balaban J connectivity index is 1.25. The number of aryl methyl sites for hydroxylation is 2. The minimum atomic E-state index is -0.951. The van der Waals surface area contributed by atoms with Crippen LogP contribution in [0.3, 0.4) is 0 Å². The quantitative estimate of drug-likeness (QED) is 0.252. The highest BCUT2D eigenvalue weighted by atomic mass is 19.1. The fourth-order valence-corrected chi connectivity index (χ4v) is 5.15. The van der Waals surface area contributed by atoms with Crippen LogP contribution >= 0.6 is 0 Å². The Bertz CT molecular complexity index is 1610. The summed E-state index contributed by atoms with van der Waals surface area (Å²) in [5, 5.41) is 17.4. The Morgan fingerprint density at radius 1 is 1.15 bits per heavy atom. The number of carbonyl (C=O) groups excluding carboxylic acids is 1. The molecular formula is C31H35FN4O5. The maximum Gasteiger partial charge on any atom is 0.328 e. The highest BCUT2D eigenvalue weighted by Gasteiger charge is 2.26. The van der Waals surface area contributed by atoms with Crippen molar-refractivity contribution in [2.24, 2.45) is 7.05 Å². The molecule has 1 aliphatic heterocycles. The van der Waals surface area contributed by atoms with Crippen LogP contribution in [0, 0.1) is 5.82 Å². The molecule has 9 nitrogen and oxygen atoms in total. The van der Waals surface area contributed by atoms with E-state index < -0.39 is 17.5 Å². The van der Waals surface area contributed by atoms with E-state index in [-0.39, 0.29) is 24.7 Å². The van der Waals surface area contributed by atoms with Gasteiger partial charge < -0.3 is 25.2 Å². The van der Waals surface area contributed by atoms with E-state index in [0.29, 0.717) is 59.8 Å². The van der Waals surface area contributed by atoms with Crippen LogP contribution in [0.5, 0.6) is 11.5 Å². The highest BCUT2D eigenvalue weighted by molar-refractivity contribution is 5.96. The van der Waals surface area contributed by atoms with Crippen molar-refractivity contribution in [2.45, 2.75) is 51.5 Å². The zero-order chi connectivity index (χ0) is 29.1. The summed E-state index contributed by atoms with van der Waals surface area (Å²) in [4.78, 5) is 24.7. The van der Waals surface area contributed by atoms with Gasteiger partial charge in [-0.3, -0.25) is 13.9 Å². The number of nitrogens with one attached hydrogen (secondary N) is 2. The lowest BCUT2D eigenvalue weighted by atomic mass is 9.97. The van der Waals surface area contributed by atoms with Gasteiger partial charge in [-0.1, -0.05) is 36.4 Å². The number of hydrogen-bond acceptors (Lipinski definition) is 6. The molecule has 0 radical (unpaired) electrons. The van der Waals surface area contributed by atoms with E-state index in [1.807, 2.05) is 44.2 Å². The molecule has 0 bridgehead atoms. The van der Waals surface area contributed by atoms with Gasteiger partial charge in [-0.15, -0.1) is 0 Å². The second-order valence-electron chi connectivity index (χ2n) is 11.0. The molecule has 216 valence electrons. The van der Waals surface area contributed by atoms with Crippen LogP contribution in [0.2, 0.25) is 0 Å². The molecule has 1 atom stereocenters. The predicted octanol–water partition coefficient (Wildman–Crippen LogP) is 4.27. The number of fused-ring (bicyclic) bond motifs is 2. The van der Waals surface area contributed by atoms with Crippen LogP contribution in [-0.2, 0) is 25.0 Å². The van der Waals surface area contributed by atoms with E-state index in [0.717, 1.165) is 5.56 Å². The molecule has 3 aromatic carbocycles. The van der Waals surface area contributed by atoms with E-state index in [4.69, 9.17) is 9.47 Å². The van der Waals surface area contributed by atoms with E-state index in [1.54, 1.807) is 31.3 Å². The molecule has 1 amide bonds. The number of nitrogens with zero attached hydrogens (tertiary/aromatic N) is 2. The van der Waals surface area contributed by atoms with Crippen LogP contribution in [-0.4, -0.2) is 38.8 Å². The summed E-state index contributed by atoms with van der Waals surface area (Å²) in [5.41, 5.74) is 2.17. The number of amides is 1. The topological polar surface area (TPSA) is 107 Å². The molecule has 41 heavy (non-hydrogen) atoms. The van der Waals surface area contributed by atoms with Gasteiger partial charge in [0.2, 0.25) is 0 Å².